The van der Waals surface area contributed by atoms with Crippen LogP contribution in [0.5, 0.6) is 11.5 Å². The topological polar surface area (TPSA) is 65.4 Å². The highest BCUT2D eigenvalue weighted by atomic mass is 16.5. The Bertz CT molecular complexity index is 1210. The molecule has 0 fully saturated rings. The first kappa shape index (κ1) is 22.4. The second kappa shape index (κ2) is 10.2. The van der Waals surface area contributed by atoms with Crippen LogP contribution in [0.1, 0.15) is 41.1 Å². The number of hydrogen-bond donors (Lipinski definition) is 1. The first-order valence-electron chi connectivity index (χ1n) is 11.1. The number of hydrogen-bond acceptors (Lipinski definition) is 4. The van der Waals surface area contributed by atoms with Crippen LogP contribution in [0.2, 0.25) is 0 Å². The van der Waals surface area contributed by atoms with Gasteiger partial charge < -0.3 is 19.4 Å². The highest BCUT2D eigenvalue weighted by molar-refractivity contribution is 5.94. The molecule has 4 aromatic rings. The van der Waals surface area contributed by atoms with Gasteiger partial charge in [0.15, 0.2) is 0 Å². The number of benzene rings is 3. The number of para-hydroxylation sites is 2. The van der Waals surface area contributed by atoms with Crippen LogP contribution in [-0.4, -0.2) is 29.2 Å². The third kappa shape index (κ3) is 5.34. The van der Waals surface area contributed by atoms with Crippen LogP contribution in [0.15, 0.2) is 72.8 Å². The summed E-state index contributed by atoms with van der Waals surface area (Å²) in [5.41, 5.74) is 3.75. The highest BCUT2D eigenvalue weighted by Gasteiger charge is 2.19. The molecule has 0 saturated carbocycles. The van der Waals surface area contributed by atoms with Gasteiger partial charge in [0.25, 0.3) is 5.91 Å². The molecule has 1 unspecified atom stereocenters. The van der Waals surface area contributed by atoms with E-state index in [1.165, 1.54) is 5.56 Å². The zero-order chi connectivity index (χ0) is 23.2. The summed E-state index contributed by atoms with van der Waals surface area (Å²) in [4.78, 5) is 17.6. The SMILES string of the molecule is COc1ccc(C(=O)NC(C)c2nc3ccccc3n2CCCOc2ccc(C)cc2)cc1. The average Bonchev–Trinajstić information content (AvgIpc) is 3.22. The molecular formula is C27H29N3O3. The lowest BCUT2D eigenvalue weighted by atomic mass is 10.2. The molecule has 170 valence electrons. The van der Waals surface area contributed by atoms with Crippen molar-refractivity contribution in [2.24, 2.45) is 0 Å². The Kier molecular flexibility index (Phi) is 6.93. The van der Waals surface area contributed by atoms with Crippen molar-refractivity contribution >= 4 is 16.9 Å². The summed E-state index contributed by atoms with van der Waals surface area (Å²) >= 11 is 0. The van der Waals surface area contributed by atoms with Gasteiger partial charge in [0.2, 0.25) is 0 Å². The lowest BCUT2D eigenvalue weighted by Crippen LogP contribution is -2.28. The fourth-order valence-electron chi connectivity index (χ4n) is 3.79. The van der Waals surface area contributed by atoms with Crippen molar-refractivity contribution in [2.45, 2.75) is 32.9 Å². The van der Waals surface area contributed by atoms with Crippen molar-refractivity contribution in [3.63, 3.8) is 0 Å². The molecule has 0 aliphatic carbocycles. The van der Waals surface area contributed by atoms with Gasteiger partial charge in [0.05, 0.1) is 30.8 Å². The number of carbonyl (C=O) groups is 1. The van der Waals surface area contributed by atoms with E-state index in [4.69, 9.17) is 14.5 Å². The van der Waals surface area contributed by atoms with E-state index in [9.17, 15) is 4.79 Å². The molecule has 6 nitrogen and oxygen atoms in total. The largest absolute Gasteiger partial charge is 0.497 e. The van der Waals surface area contributed by atoms with E-state index in [0.29, 0.717) is 17.9 Å². The maximum Gasteiger partial charge on any atom is 0.251 e. The molecule has 1 N–H and O–H groups in total. The zero-order valence-corrected chi connectivity index (χ0v) is 19.2. The Balaban J connectivity index is 1.46. The number of amides is 1. The van der Waals surface area contributed by atoms with Gasteiger partial charge >= 0.3 is 0 Å². The van der Waals surface area contributed by atoms with E-state index in [2.05, 4.69) is 22.9 Å². The molecular weight excluding hydrogens is 414 g/mol. The number of aryl methyl sites for hydroxylation is 2. The number of aromatic nitrogens is 2. The van der Waals surface area contributed by atoms with Crippen LogP contribution < -0.4 is 14.8 Å². The molecule has 0 saturated heterocycles. The Hall–Kier alpha value is -3.80. The van der Waals surface area contributed by atoms with Crippen molar-refractivity contribution in [3.05, 3.63) is 89.7 Å². The van der Waals surface area contributed by atoms with Gasteiger partial charge in [-0.15, -0.1) is 0 Å². The van der Waals surface area contributed by atoms with Gasteiger partial charge in [-0.1, -0.05) is 29.8 Å². The number of imidazole rings is 1. The van der Waals surface area contributed by atoms with Gasteiger partial charge in [-0.3, -0.25) is 4.79 Å². The number of fused-ring (bicyclic) bond motifs is 1. The van der Waals surface area contributed by atoms with Crippen LogP contribution >= 0.6 is 0 Å². The van der Waals surface area contributed by atoms with Gasteiger partial charge in [-0.2, -0.15) is 0 Å². The average molecular weight is 444 g/mol. The number of methoxy groups -OCH3 is 1. The molecule has 0 bridgehead atoms. The Morgan fingerprint density at radius 3 is 2.42 bits per heavy atom. The Morgan fingerprint density at radius 2 is 1.70 bits per heavy atom. The van der Waals surface area contributed by atoms with Crippen LogP contribution in [0.25, 0.3) is 11.0 Å². The molecule has 1 aromatic heterocycles. The van der Waals surface area contributed by atoms with Gasteiger partial charge in [0.1, 0.15) is 17.3 Å². The second-order valence-electron chi connectivity index (χ2n) is 8.05. The van der Waals surface area contributed by atoms with E-state index in [1.54, 1.807) is 31.4 Å². The number of nitrogens with zero attached hydrogens (tertiary/aromatic N) is 2. The van der Waals surface area contributed by atoms with Crippen LogP contribution in [0, 0.1) is 6.92 Å². The number of nitrogens with one attached hydrogen (secondary N) is 1. The summed E-state index contributed by atoms with van der Waals surface area (Å²) in [5, 5.41) is 3.08. The number of ether oxygens (including phenoxy) is 2. The van der Waals surface area contributed by atoms with E-state index in [1.807, 2.05) is 49.4 Å². The number of carbonyl (C=O) groups excluding carboxylic acids is 1. The Labute approximate surface area is 194 Å². The summed E-state index contributed by atoms with van der Waals surface area (Å²) in [6, 6.07) is 22.9. The fraction of sp³-hybridized carbons (Fsp3) is 0.259. The van der Waals surface area contributed by atoms with Crippen molar-refractivity contribution in [1.82, 2.24) is 14.9 Å². The molecule has 1 heterocycles. The molecule has 4 rings (SSSR count). The molecule has 0 radical (unpaired) electrons. The molecule has 1 amide bonds. The minimum Gasteiger partial charge on any atom is -0.497 e. The fourth-order valence-corrected chi connectivity index (χ4v) is 3.79. The predicted octanol–water partition coefficient (Wildman–Crippen LogP) is 5.31. The van der Waals surface area contributed by atoms with Crippen molar-refractivity contribution in [2.75, 3.05) is 13.7 Å². The van der Waals surface area contributed by atoms with E-state index in [-0.39, 0.29) is 11.9 Å². The number of rotatable bonds is 9. The highest BCUT2D eigenvalue weighted by Crippen LogP contribution is 2.22. The van der Waals surface area contributed by atoms with Crippen molar-refractivity contribution in [1.29, 1.82) is 0 Å². The summed E-state index contributed by atoms with van der Waals surface area (Å²) in [5.74, 6) is 2.27. The smallest absolute Gasteiger partial charge is 0.251 e. The van der Waals surface area contributed by atoms with Gasteiger partial charge in [-0.25, -0.2) is 4.98 Å². The third-order valence-corrected chi connectivity index (χ3v) is 5.59. The summed E-state index contributed by atoms with van der Waals surface area (Å²) < 4.78 is 13.2. The first-order valence-corrected chi connectivity index (χ1v) is 11.1. The summed E-state index contributed by atoms with van der Waals surface area (Å²) in [6.45, 7) is 5.36. The zero-order valence-electron chi connectivity index (χ0n) is 19.2. The molecule has 0 aliphatic heterocycles. The lowest BCUT2D eigenvalue weighted by molar-refractivity contribution is 0.0937. The molecule has 6 heteroatoms. The third-order valence-electron chi connectivity index (χ3n) is 5.59. The van der Waals surface area contributed by atoms with Crippen LogP contribution in [0.4, 0.5) is 0 Å². The van der Waals surface area contributed by atoms with Crippen LogP contribution in [0.3, 0.4) is 0 Å². The van der Waals surface area contributed by atoms with Gasteiger partial charge in [-0.05, 0) is 68.8 Å². The predicted molar refractivity (Wildman–Crippen MR) is 130 cm³/mol. The maximum atomic E-state index is 12.8. The van der Waals surface area contributed by atoms with E-state index < -0.39 is 0 Å². The van der Waals surface area contributed by atoms with E-state index >= 15 is 0 Å². The summed E-state index contributed by atoms with van der Waals surface area (Å²) in [6.07, 6.45) is 0.820. The molecule has 1 atom stereocenters. The summed E-state index contributed by atoms with van der Waals surface area (Å²) in [7, 11) is 1.60. The standard InChI is InChI=1S/C27H29N3O3/c1-19-9-13-23(14-10-19)33-18-6-17-30-25-8-5-4-7-24(25)29-26(30)20(2)28-27(31)21-11-15-22(32-3)16-12-21/h4-5,7-16,20H,6,17-18H2,1-3H3,(H,28,31). The van der Waals surface area contributed by atoms with E-state index in [0.717, 1.165) is 35.6 Å². The maximum absolute atomic E-state index is 12.8. The molecule has 0 spiro atoms. The monoisotopic (exact) mass is 443 g/mol. The van der Waals surface area contributed by atoms with Crippen molar-refractivity contribution < 1.29 is 14.3 Å². The first-order chi connectivity index (χ1) is 16.0. The van der Waals surface area contributed by atoms with Gasteiger partial charge in [0, 0.05) is 12.1 Å². The quantitative estimate of drug-likeness (QED) is 0.356. The second-order valence-corrected chi connectivity index (χ2v) is 8.05. The molecule has 0 aliphatic rings. The lowest BCUT2D eigenvalue weighted by Gasteiger charge is -2.17. The normalized spacial score (nSPS) is 11.8. The van der Waals surface area contributed by atoms with Crippen LogP contribution in [-0.2, 0) is 6.54 Å². The Morgan fingerprint density at radius 1 is 1.00 bits per heavy atom. The molecule has 3 aromatic carbocycles. The minimum absolute atomic E-state index is 0.147. The van der Waals surface area contributed by atoms with Crippen molar-refractivity contribution in [3.8, 4) is 11.5 Å². The minimum atomic E-state index is -0.259. The molecule has 33 heavy (non-hydrogen) atoms.